The minimum Gasteiger partial charge on any atom is -0.337 e. The molecule has 1 amide bonds. The first-order chi connectivity index (χ1) is 9.46. The molecule has 0 spiro atoms. The molecule has 2 rings (SSSR count). The second kappa shape index (κ2) is 6.27. The molecule has 110 valence electrons. The van der Waals surface area contributed by atoms with Gasteiger partial charge in [0.15, 0.2) is 0 Å². The van der Waals surface area contributed by atoms with Gasteiger partial charge in [0.25, 0.3) is 5.91 Å². The average molecular weight is 298 g/mol. The van der Waals surface area contributed by atoms with Gasteiger partial charge in [-0.05, 0) is 18.8 Å². The number of amides is 1. The third-order valence-electron chi connectivity index (χ3n) is 3.22. The number of aromatic nitrogens is 2. The van der Waals surface area contributed by atoms with Crippen LogP contribution in [-0.2, 0) is 10.0 Å². The summed E-state index contributed by atoms with van der Waals surface area (Å²) in [6, 6.07) is 0. The highest BCUT2D eigenvalue weighted by molar-refractivity contribution is 7.88. The van der Waals surface area contributed by atoms with Crippen molar-refractivity contribution in [2.45, 2.75) is 12.8 Å². The van der Waals surface area contributed by atoms with Crippen molar-refractivity contribution in [1.29, 1.82) is 0 Å². The Bertz CT molecular complexity index is 561. The zero-order chi connectivity index (χ0) is 14.6. The smallest absolute Gasteiger partial charge is 0.274 e. The van der Waals surface area contributed by atoms with Crippen LogP contribution in [0.4, 0.5) is 0 Å². The maximum absolute atomic E-state index is 12.2. The SMILES string of the molecule is CS(=O)(=O)NC[C@@H]1CCCN(C(=O)c2cnccn2)C1. The highest BCUT2D eigenvalue weighted by atomic mass is 32.2. The standard InChI is InChI=1S/C12H18N4O3S/c1-20(18,19)15-7-10-3-2-6-16(9-10)12(17)11-8-13-4-5-14-11/h4-5,8,10,15H,2-3,6-7,9H2,1H3/t10-/m0/s1. The first-order valence-corrected chi connectivity index (χ1v) is 8.35. The molecule has 2 heterocycles. The van der Waals surface area contributed by atoms with Gasteiger partial charge in [0, 0.05) is 32.0 Å². The zero-order valence-electron chi connectivity index (χ0n) is 11.3. The van der Waals surface area contributed by atoms with Gasteiger partial charge in [-0.2, -0.15) is 0 Å². The fourth-order valence-electron chi connectivity index (χ4n) is 2.26. The lowest BCUT2D eigenvalue weighted by Gasteiger charge is -2.32. The fraction of sp³-hybridized carbons (Fsp3) is 0.583. The first-order valence-electron chi connectivity index (χ1n) is 6.45. The molecule has 0 aliphatic carbocycles. The van der Waals surface area contributed by atoms with Crippen LogP contribution in [0, 0.1) is 5.92 Å². The van der Waals surface area contributed by atoms with Crippen molar-refractivity contribution in [2.24, 2.45) is 5.92 Å². The molecule has 8 heteroatoms. The number of hydrogen-bond acceptors (Lipinski definition) is 5. The van der Waals surface area contributed by atoms with E-state index in [2.05, 4.69) is 14.7 Å². The molecule has 1 fully saturated rings. The lowest BCUT2D eigenvalue weighted by molar-refractivity contribution is 0.0670. The number of rotatable bonds is 4. The molecule has 20 heavy (non-hydrogen) atoms. The van der Waals surface area contributed by atoms with Crippen molar-refractivity contribution < 1.29 is 13.2 Å². The van der Waals surface area contributed by atoms with Crippen LogP contribution in [0.25, 0.3) is 0 Å². The third kappa shape index (κ3) is 4.24. The van der Waals surface area contributed by atoms with Gasteiger partial charge in [-0.1, -0.05) is 0 Å². The van der Waals surface area contributed by atoms with Crippen LogP contribution < -0.4 is 4.72 Å². The summed E-state index contributed by atoms with van der Waals surface area (Å²) in [6.45, 7) is 1.58. The van der Waals surface area contributed by atoms with Crippen molar-refractivity contribution in [3.8, 4) is 0 Å². The zero-order valence-corrected chi connectivity index (χ0v) is 12.1. The van der Waals surface area contributed by atoms with Crippen molar-refractivity contribution in [2.75, 3.05) is 25.9 Å². The lowest BCUT2D eigenvalue weighted by Crippen LogP contribution is -2.43. The van der Waals surface area contributed by atoms with E-state index in [0.29, 0.717) is 25.3 Å². The van der Waals surface area contributed by atoms with Crippen LogP contribution in [0.5, 0.6) is 0 Å². The van der Waals surface area contributed by atoms with Crippen LogP contribution in [-0.4, -0.2) is 55.1 Å². The first kappa shape index (κ1) is 14.9. The monoisotopic (exact) mass is 298 g/mol. The van der Waals surface area contributed by atoms with E-state index < -0.39 is 10.0 Å². The van der Waals surface area contributed by atoms with Crippen LogP contribution in [0.3, 0.4) is 0 Å². The molecule has 1 atom stereocenters. The lowest BCUT2D eigenvalue weighted by atomic mass is 9.98. The molecular formula is C12H18N4O3S. The Morgan fingerprint density at radius 2 is 2.30 bits per heavy atom. The molecule has 1 aromatic heterocycles. The molecule has 1 aliphatic heterocycles. The van der Waals surface area contributed by atoms with Gasteiger partial charge in [-0.15, -0.1) is 0 Å². The van der Waals surface area contributed by atoms with Crippen LogP contribution in [0.1, 0.15) is 23.3 Å². The number of hydrogen-bond donors (Lipinski definition) is 1. The largest absolute Gasteiger partial charge is 0.337 e. The van der Waals surface area contributed by atoms with Crippen molar-refractivity contribution >= 4 is 15.9 Å². The maximum Gasteiger partial charge on any atom is 0.274 e. The highest BCUT2D eigenvalue weighted by Gasteiger charge is 2.25. The molecule has 1 N–H and O–H groups in total. The minimum absolute atomic E-state index is 0.138. The van der Waals surface area contributed by atoms with Gasteiger partial charge in [-0.3, -0.25) is 9.78 Å². The van der Waals surface area contributed by atoms with Gasteiger partial charge >= 0.3 is 0 Å². The van der Waals surface area contributed by atoms with Crippen LogP contribution >= 0.6 is 0 Å². The summed E-state index contributed by atoms with van der Waals surface area (Å²) in [5.41, 5.74) is 0.323. The fourth-order valence-corrected chi connectivity index (χ4v) is 2.80. The van der Waals surface area contributed by atoms with E-state index >= 15 is 0 Å². The van der Waals surface area contributed by atoms with E-state index in [-0.39, 0.29) is 11.8 Å². The summed E-state index contributed by atoms with van der Waals surface area (Å²) >= 11 is 0. The summed E-state index contributed by atoms with van der Waals surface area (Å²) < 4.78 is 24.7. The summed E-state index contributed by atoms with van der Waals surface area (Å²) in [5.74, 6) is -0.0127. The second-order valence-corrected chi connectivity index (χ2v) is 6.80. The van der Waals surface area contributed by atoms with Gasteiger partial charge in [0.2, 0.25) is 10.0 Å². The number of likely N-dealkylation sites (tertiary alicyclic amines) is 1. The molecule has 1 aromatic rings. The number of nitrogens with zero attached hydrogens (tertiary/aromatic N) is 3. The molecule has 0 radical (unpaired) electrons. The maximum atomic E-state index is 12.2. The van der Waals surface area contributed by atoms with Gasteiger partial charge < -0.3 is 4.90 Å². The Balaban J connectivity index is 1.95. The molecule has 1 aliphatic rings. The molecule has 0 saturated carbocycles. The summed E-state index contributed by atoms with van der Waals surface area (Å²) in [4.78, 5) is 21.8. The topological polar surface area (TPSA) is 92.3 Å². The second-order valence-electron chi connectivity index (χ2n) is 4.97. The number of carbonyl (C=O) groups excluding carboxylic acids is 1. The highest BCUT2D eigenvalue weighted by Crippen LogP contribution is 2.17. The Hall–Kier alpha value is -1.54. The number of sulfonamides is 1. The quantitative estimate of drug-likeness (QED) is 0.836. The number of carbonyl (C=O) groups is 1. The van der Waals surface area contributed by atoms with Crippen LogP contribution in [0.15, 0.2) is 18.6 Å². The van der Waals surface area contributed by atoms with Gasteiger partial charge in [-0.25, -0.2) is 18.1 Å². The average Bonchev–Trinajstić information content (AvgIpc) is 2.45. The molecular weight excluding hydrogens is 280 g/mol. The van der Waals surface area contributed by atoms with Crippen LogP contribution in [0.2, 0.25) is 0 Å². The molecule has 0 bridgehead atoms. The molecule has 1 saturated heterocycles. The van der Waals surface area contributed by atoms with Crippen molar-refractivity contribution in [3.63, 3.8) is 0 Å². The predicted molar refractivity (Wildman–Crippen MR) is 73.5 cm³/mol. The number of nitrogens with one attached hydrogen (secondary N) is 1. The summed E-state index contributed by atoms with van der Waals surface area (Å²) in [7, 11) is -3.19. The predicted octanol–water partition coefficient (Wildman–Crippen LogP) is -0.122. The van der Waals surface area contributed by atoms with E-state index in [1.54, 1.807) is 4.90 Å². The molecule has 7 nitrogen and oxygen atoms in total. The normalized spacial score (nSPS) is 19.9. The van der Waals surface area contributed by atoms with E-state index in [9.17, 15) is 13.2 Å². The summed E-state index contributed by atoms with van der Waals surface area (Å²) in [5, 5.41) is 0. The van der Waals surface area contributed by atoms with Crippen molar-refractivity contribution in [1.82, 2.24) is 19.6 Å². The Morgan fingerprint density at radius 3 is 2.95 bits per heavy atom. The Morgan fingerprint density at radius 1 is 1.50 bits per heavy atom. The van der Waals surface area contributed by atoms with Crippen molar-refractivity contribution in [3.05, 3.63) is 24.3 Å². The van der Waals surface area contributed by atoms with E-state index in [1.165, 1.54) is 18.6 Å². The van der Waals surface area contributed by atoms with E-state index in [4.69, 9.17) is 0 Å². The molecule has 0 unspecified atom stereocenters. The molecule has 0 aromatic carbocycles. The Labute approximate surface area is 118 Å². The number of piperidine rings is 1. The van der Waals surface area contributed by atoms with E-state index in [1.807, 2.05) is 0 Å². The van der Waals surface area contributed by atoms with E-state index in [0.717, 1.165) is 19.1 Å². The Kier molecular flexibility index (Phi) is 4.66. The third-order valence-corrected chi connectivity index (χ3v) is 3.91. The summed E-state index contributed by atoms with van der Waals surface area (Å²) in [6.07, 6.45) is 7.36. The van der Waals surface area contributed by atoms with Gasteiger partial charge in [0.1, 0.15) is 5.69 Å². The van der Waals surface area contributed by atoms with Gasteiger partial charge in [0.05, 0.1) is 12.5 Å². The minimum atomic E-state index is -3.19.